The van der Waals surface area contributed by atoms with Crippen LogP contribution < -0.4 is 10.6 Å². The first-order valence-electron chi connectivity index (χ1n) is 10.1. The van der Waals surface area contributed by atoms with E-state index in [1.165, 1.54) is 0 Å². The number of carbonyl (C=O) groups is 3. The van der Waals surface area contributed by atoms with Gasteiger partial charge in [0, 0.05) is 32.6 Å². The van der Waals surface area contributed by atoms with Crippen LogP contribution in [0.2, 0.25) is 0 Å². The van der Waals surface area contributed by atoms with Gasteiger partial charge in [-0.05, 0) is 60.8 Å². The van der Waals surface area contributed by atoms with Crippen molar-refractivity contribution in [3.63, 3.8) is 0 Å². The van der Waals surface area contributed by atoms with Gasteiger partial charge in [-0.3, -0.25) is 4.79 Å². The average molecular weight is 402 g/mol. The van der Waals surface area contributed by atoms with E-state index in [4.69, 9.17) is 9.47 Å². The monoisotopic (exact) mass is 401 g/mol. The molecule has 0 saturated carbocycles. The highest BCUT2D eigenvalue weighted by molar-refractivity contribution is 5.75. The first kappa shape index (κ1) is 26.0. The zero-order valence-corrected chi connectivity index (χ0v) is 18.6. The van der Waals surface area contributed by atoms with Gasteiger partial charge in [-0.2, -0.15) is 0 Å². The number of amides is 3. The predicted molar refractivity (Wildman–Crippen MR) is 109 cm³/mol. The maximum atomic E-state index is 12.1. The highest BCUT2D eigenvalue weighted by Gasteiger charge is 2.17. The molecule has 3 amide bonds. The van der Waals surface area contributed by atoms with Crippen molar-refractivity contribution >= 4 is 18.1 Å². The minimum atomic E-state index is -0.526. The van der Waals surface area contributed by atoms with Crippen LogP contribution in [0.15, 0.2) is 0 Å². The fourth-order valence-electron chi connectivity index (χ4n) is 2.29. The zero-order valence-electron chi connectivity index (χ0n) is 18.6. The Balaban J connectivity index is 4.08. The Morgan fingerprint density at radius 1 is 0.750 bits per heavy atom. The van der Waals surface area contributed by atoms with Crippen LogP contribution in [-0.2, 0) is 14.3 Å². The molecule has 0 aliphatic rings. The summed E-state index contributed by atoms with van der Waals surface area (Å²) in [7, 11) is 0. The van der Waals surface area contributed by atoms with Gasteiger partial charge in [0.15, 0.2) is 0 Å². The van der Waals surface area contributed by atoms with Crippen molar-refractivity contribution in [3.8, 4) is 0 Å². The van der Waals surface area contributed by atoms with Gasteiger partial charge < -0.3 is 25.0 Å². The summed E-state index contributed by atoms with van der Waals surface area (Å²) in [6.07, 6.45) is 1.75. The van der Waals surface area contributed by atoms with Gasteiger partial charge in [-0.25, -0.2) is 9.59 Å². The third-order valence-electron chi connectivity index (χ3n) is 3.45. The van der Waals surface area contributed by atoms with Crippen molar-refractivity contribution in [3.05, 3.63) is 0 Å². The molecule has 164 valence electrons. The molecule has 28 heavy (non-hydrogen) atoms. The van der Waals surface area contributed by atoms with E-state index in [9.17, 15) is 14.4 Å². The molecule has 8 nitrogen and oxygen atoms in total. The molecule has 0 radical (unpaired) electrons. The van der Waals surface area contributed by atoms with Crippen LogP contribution in [0, 0.1) is 0 Å². The summed E-state index contributed by atoms with van der Waals surface area (Å²) in [5.74, 6) is 0.0809. The number of alkyl carbamates (subject to hydrolysis) is 2. The number of ether oxygens (including phenoxy) is 2. The van der Waals surface area contributed by atoms with Crippen LogP contribution in [0.25, 0.3) is 0 Å². The van der Waals surface area contributed by atoms with Gasteiger partial charge in [0.2, 0.25) is 5.91 Å². The topological polar surface area (TPSA) is 97.0 Å². The van der Waals surface area contributed by atoms with Crippen LogP contribution in [0.4, 0.5) is 9.59 Å². The van der Waals surface area contributed by atoms with E-state index in [1.807, 2.05) is 48.5 Å². The summed E-state index contributed by atoms with van der Waals surface area (Å²) in [5.41, 5.74) is -1.04. The third kappa shape index (κ3) is 15.1. The number of nitrogens with zero attached hydrogens (tertiary/aromatic N) is 1. The Hall–Kier alpha value is -1.99. The summed E-state index contributed by atoms with van der Waals surface area (Å²) >= 11 is 0. The van der Waals surface area contributed by atoms with Crippen molar-refractivity contribution < 1.29 is 23.9 Å². The fraction of sp³-hybridized carbons (Fsp3) is 0.850. The molecule has 8 heteroatoms. The molecule has 0 aromatic heterocycles. The molecule has 0 unspecified atom stereocenters. The molecule has 0 saturated heterocycles. The lowest BCUT2D eigenvalue weighted by Gasteiger charge is -2.23. The molecule has 0 heterocycles. The van der Waals surface area contributed by atoms with Gasteiger partial charge in [0.05, 0.1) is 0 Å². The Morgan fingerprint density at radius 2 is 1.18 bits per heavy atom. The van der Waals surface area contributed by atoms with Crippen molar-refractivity contribution in [1.82, 2.24) is 15.5 Å². The Morgan fingerprint density at radius 3 is 1.61 bits per heavy atom. The Labute approximate surface area is 169 Å². The van der Waals surface area contributed by atoms with E-state index in [-0.39, 0.29) is 5.91 Å². The lowest BCUT2D eigenvalue weighted by atomic mass is 10.2. The third-order valence-corrected chi connectivity index (χ3v) is 3.45. The fourth-order valence-corrected chi connectivity index (χ4v) is 2.29. The quantitative estimate of drug-likeness (QED) is 0.547. The summed E-state index contributed by atoms with van der Waals surface area (Å²) in [4.78, 5) is 37.1. The highest BCUT2D eigenvalue weighted by Crippen LogP contribution is 2.07. The standard InChI is InChI=1S/C20H39N3O5/c1-8-16(24)23(15-11-13-22-18(26)28-20(5,6)7)14-10-9-12-21-17(25)27-19(2,3)4/h8-15H2,1-7H3,(H,21,25)(H,22,26). The largest absolute Gasteiger partial charge is 0.444 e. The van der Waals surface area contributed by atoms with Crippen molar-refractivity contribution in [2.45, 2.75) is 85.4 Å². The second-order valence-corrected chi connectivity index (χ2v) is 8.65. The van der Waals surface area contributed by atoms with E-state index in [1.54, 1.807) is 4.90 Å². The maximum absolute atomic E-state index is 12.1. The molecular formula is C20H39N3O5. The number of nitrogens with one attached hydrogen (secondary N) is 2. The van der Waals surface area contributed by atoms with Crippen molar-refractivity contribution in [1.29, 1.82) is 0 Å². The van der Waals surface area contributed by atoms with E-state index in [0.717, 1.165) is 12.8 Å². The summed E-state index contributed by atoms with van der Waals surface area (Å²) < 4.78 is 10.4. The van der Waals surface area contributed by atoms with Gasteiger partial charge >= 0.3 is 12.2 Å². The zero-order chi connectivity index (χ0) is 21.8. The molecule has 0 bridgehead atoms. The average Bonchev–Trinajstić information content (AvgIpc) is 2.52. The minimum absolute atomic E-state index is 0.0809. The summed E-state index contributed by atoms with van der Waals surface area (Å²) in [6.45, 7) is 14.9. The van der Waals surface area contributed by atoms with Crippen molar-refractivity contribution in [2.24, 2.45) is 0 Å². The number of rotatable bonds is 10. The number of unbranched alkanes of at least 4 members (excludes halogenated alkanes) is 1. The lowest BCUT2D eigenvalue weighted by Crippen LogP contribution is -2.37. The maximum Gasteiger partial charge on any atom is 0.407 e. The molecule has 2 N–H and O–H groups in total. The van der Waals surface area contributed by atoms with Crippen molar-refractivity contribution in [2.75, 3.05) is 26.2 Å². The van der Waals surface area contributed by atoms with Crippen LogP contribution in [-0.4, -0.2) is 60.4 Å². The molecule has 0 aromatic carbocycles. The number of hydrogen-bond acceptors (Lipinski definition) is 5. The predicted octanol–water partition coefficient (Wildman–Crippen LogP) is 3.44. The van der Waals surface area contributed by atoms with Gasteiger partial charge in [-0.1, -0.05) is 6.92 Å². The van der Waals surface area contributed by atoms with Crippen LogP contribution in [0.5, 0.6) is 0 Å². The molecule has 0 fully saturated rings. The Kier molecular flexibility index (Phi) is 11.6. The van der Waals surface area contributed by atoms with Gasteiger partial charge in [0.25, 0.3) is 0 Å². The van der Waals surface area contributed by atoms with Crippen LogP contribution in [0.3, 0.4) is 0 Å². The molecule has 0 aliphatic heterocycles. The normalized spacial score (nSPS) is 11.5. The minimum Gasteiger partial charge on any atom is -0.444 e. The Bertz CT molecular complexity index is 495. The second kappa shape index (κ2) is 12.5. The SMILES string of the molecule is CCC(=O)N(CCCCNC(=O)OC(C)(C)C)CCCNC(=O)OC(C)(C)C. The molecule has 0 rings (SSSR count). The lowest BCUT2D eigenvalue weighted by molar-refractivity contribution is -0.131. The molecule has 0 aromatic rings. The van der Waals surface area contributed by atoms with Crippen LogP contribution >= 0.6 is 0 Å². The molecule has 0 aliphatic carbocycles. The number of carbonyl (C=O) groups excluding carboxylic acids is 3. The van der Waals surface area contributed by atoms with Crippen LogP contribution in [0.1, 0.15) is 74.1 Å². The van der Waals surface area contributed by atoms with E-state index in [2.05, 4.69) is 10.6 Å². The first-order chi connectivity index (χ1) is 12.8. The molecular weight excluding hydrogens is 362 g/mol. The van der Waals surface area contributed by atoms with E-state index >= 15 is 0 Å². The van der Waals surface area contributed by atoms with Gasteiger partial charge in [0.1, 0.15) is 11.2 Å². The van der Waals surface area contributed by atoms with E-state index in [0.29, 0.717) is 39.0 Å². The number of hydrogen-bond donors (Lipinski definition) is 2. The van der Waals surface area contributed by atoms with E-state index < -0.39 is 23.4 Å². The second-order valence-electron chi connectivity index (χ2n) is 8.65. The molecule has 0 spiro atoms. The first-order valence-corrected chi connectivity index (χ1v) is 10.1. The summed E-state index contributed by atoms with van der Waals surface area (Å²) in [5, 5.41) is 5.41. The smallest absolute Gasteiger partial charge is 0.407 e. The van der Waals surface area contributed by atoms with Gasteiger partial charge in [-0.15, -0.1) is 0 Å². The highest BCUT2D eigenvalue weighted by atomic mass is 16.6. The summed E-state index contributed by atoms with van der Waals surface area (Å²) in [6, 6.07) is 0. The molecule has 0 atom stereocenters.